The molecular formula is C6H12N2. The van der Waals surface area contributed by atoms with E-state index in [1.54, 1.807) is 6.21 Å². The van der Waals surface area contributed by atoms with Crippen LogP contribution in [0.1, 0.15) is 13.8 Å². The summed E-state index contributed by atoms with van der Waals surface area (Å²) in [4.78, 5) is 3.97. The van der Waals surface area contributed by atoms with Crippen molar-refractivity contribution in [1.82, 2.24) is 0 Å². The van der Waals surface area contributed by atoms with Crippen LogP contribution >= 0.6 is 0 Å². The van der Waals surface area contributed by atoms with E-state index in [1.165, 1.54) is 0 Å². The predicted octanol–water partition coefficient (Wildman–Crippen LogP) is 0.940. The van der Waals surface area contributed by atoms with E-state index < -0.39 is 0 Å². The molecule has 2 N–H and O–H groups in total. The van der Waals surface area contributed by atoms with E-state index in [-0.39, 0.29) is 0 Å². The lowest BCUT2D eigenvalue weighted by atomic mass is 10.4. The van der Waals surface area contributed by atoms with Crippen LogP contribution in [0.2, 0.25) is 0 Å². The molecule has 8 heavy (non-hydrogen) atoms. The number of nitrogens with zero attached hydrogens (tertiary/aromatic N) is 1. The smallest absolute Gasteiger partial charge is 0.0341 e. The van der Waals surface area contributed by atoms with Crippen molar-refractivity contribution in [2.24, 2.45) is 10.7 Å². The third-order valence-corrected chi connectivity index (χ3v) is 0.746. The van der Waals surface area contributed by atoms with Crippen molar-refractivity contribution in [3.05, 3.63) is 11.8 Å². The Hall–Kier alpha value is -0.630. The fraction of sp³-hybridized carbons (Fsp3) is 0.500. The highest BCUT2D eigenvalue weighted by molar-refractivity contribution is 5.55. The Morgan fingerprint density at radius 1 is 1.75 bits per heavy atom. The summed E-state index contributed by atoms with van der Waals surface area (Å²) in [7, 11) is 0. The Morgan fingerprint density at radius 3 is 2.75 bits per heavy atom. The number of hydrogen-bond donors (Lipinski definition) is 1. The minimum Gasteiger partial charge on any atom is -0.327 e. The second-order valence-electron chi connectivity index (χ2n) is 1.47. The second-order valence-corrected chi connectivity index (χ2v) is 1.47. The molecule has 0 rings (SSSR count). The average Bonchev–Trinajstić information content (AvgIpc) is 1.68. The van der Waals surface area contributed by atoms with E-state index in [0.717, 1.165) is 5.70 Å². The predicted molar refractivity (Wildman–Crippen MR) is 37.0 cm³/mol. The first-order valence-corrected chi connectivity index (χ1v) is 2.66. The summed E-state index contributed by atoms with van der Waals surface area (Å²) in [6.07, 6.45) is 3.63. The van der Waals surface area contributed by atoms with Gasteiger partial charge in [0.15, 0.2) is 0 Å². The molecule has 0 radical (unpaired) electrons. The van der Waals surface area contributed by atoms with Crippen molar-refractivity contribution in [2.75, 3.05) is 6.54 Å². The Labute approximate surface area is 50.1 Å². The minimum atomic E-state index is 0.573. The number of rotatable bonds is 2. The summed E-state index contributed by atoms with van der Waals surface area (Å²) < 4.78 is 0. The van der Waals surface area contributed by atoms with Gasteiger partial charge in [0, 0.05) is 18.5 Å². The maximum absolute atomic E-state index is 5.21. The molecule has 0 spiro atoms. The third kappa shape index (κ3) is 3.56. The van der Waals surface area contributed by atoms with Gasteiger partial charge in [0.2, 0.25) is 0 Å². The molecule has 0 aromatic carbocycles. The molecule has 0 amide bonds. The molecule has 0 unspecified atom stereocenters. The number of aliphatic imine (C=N–C) groups is 1. The highest BCUT2D eigenvalue weighted by Gasteiger charge is 1.74. The number of hydrogen-bond acceptors (Lipinski definition) is 2. The van der Waals surface area contributed by atoms with Crippen molar-refractivity contribution < 1.29 is 0 Å². The Balaban J connectivity index is 3.61. The van der Waals surface area contributed by atoms with E-state index in [2.05, 4.69) is 4.99 Å². The lowest BCUT2D eigenvalue weighted by Gasteiger charge is -1.85. The standard InChI is InChI=1S/C6H12N2/c1-3-8-6(2)4-5-7/h3-4H,5,7H2,1-2H3/b6-4-,8-3?. The van der Waals surface area contributed by atoms with Crippen molar-refractivity contribution >= 4 is 6.21 Å². The number of allylic oxidation sites excluding steroid dienone is 1. The largest absolute Gasteiger partial charge is 0.327 e. The highest BCUT2D eigenvalue weighted by Crippen LogP contribution is 1.89. The van der Waals surface area contributed by atoms with Crippen LogP contribution < -0.4 is 5.73 Å². The monoisotopic (exact) mass is 112 g/mol. The molecule has 0 aliphatic heterocycles. The van der Waals surface area contributed by atoms with Crippen molar-refractivity contribution in [3.8, 4) is 0 Å². The molecular weight excluding hydrogens is 100 g/mol. The highest BCUT2D eigenvalue weighted by atomic mass is 14.7. The summed E-state index contributed by atoms with van der Waals surface area (Å²) in [6, 6.07) is 0. The number of nitrogens with two attached hydrogens (primary N) is 1. The molecule has 0 aromatic rings. The maximum atomic E-state index is 5.21. The van der Waals surface area contributed by atoms with Gasteiger partial charge in [0.25, 0.3) is 0 Å². The van der Waals surface area contributed by atoms with E-state index in [9.17, 15) is 0 Å². The SMILES string of the molecule is CC=N/C(C)=C\CN. The summed E-state index contributed by atoms with van der Waals surface area (Å²) in [5, 5.41) is 0. The van der Waals surface area contributed by atoms with E-state index in [1.807, 2.05) is 19.9 Å². The molecule has 0 heterocycles. The third-order valence-electron chi connectivity index (χ3n) is 0.746. The lowest BCUT2D eigenvalue weighted by molar-refractivity contribution is 1.18. The first-order valence-electron chi connectivity index (χ1n) is 2.66. The molecule has 0 aliphatic carbocycles. The fourth-order valence-electron chi connectivity index (χ4n) is 0.427. The Bertz CT molecular complexity index is 103. The van der Waals surface area contributed by atoms with Gasteiger partial charge in [-0.3, -0.25) is 4.99 Å². The van der Waals surface area contributed by atoms with Gasteiger partial charge in [0.05, 0.1) is 0 Å². The van der Waals surface area contributed by atoms with Crippen LogP contribution in [0.15, 0.2) is 16.8 Å². The van der Waals surface area contributed by atoms with Crippen LogP contribution in [-0.2, 0) is 0 Å². The van der Waals surface area contributed by atoms with Crippen LogP contribution in [0.4, 0.5) is 0 Å². The van der Waals surface area contributed by atoms with Gasteiger partial charge in [-0.15, -0.1) is 0 Å². The second kappa shape index (κ2) is 4.53. The van der Waals surface area contributed by atoms with Crippen LogP contribution in [0.5, 0.6) is 0 Å². The topological polar surface area (TPSA) is 38.4 Å². The Kier molecular flexibility index (Phi) is 4.17. The van der Waals surface area contributed by atoms with Gasteiger partial charge in [-0.1, -0.05) is 0 Å². The fourth-order valence-corrected chi connectivity index (χ4v) is 0.427. The van der Waals surface area contributed by atoms with Gasteiger partial charge >= 0.3 is 0 Å². The maximum Gasteiger partial charge on any atom is 0.0341 e. The van der Waals surface area contributed by atoms with E-state index in [0.29, 0.717) is 6.54 Å². The molecule has 0 saturated heterocycles. The normalized spacial score (nSPS) is 13.1. The molecule has 0 atom stereocenters. The molecule has 0 aliphatic rings. The molecule has 0 bridgehead atoms. The minimum absolute atomic E-state index is 0.573. The van der Waals surface area contributed by atoms with Crippen LogP contribution in [0.3, 0.4) is 0 Å². The summed E-state index contributed by atoms with van der Waals surface area (Å²) in [6.45, 7) is 4.38. The summed E-state index contributed by atoms with van der Waals surface area (Å²) in [5.74, 6) is 0. The van der Waals surface area contributed by atoms with Crippen LogP contribution in [0, 0.1) is 0 Å². The van der Waals surface area contributed by atoms with Crippen molar-refractivity contribution in [1.29, 1.82) is 0 Å². The summed E-state index contributed by atoms with van der Waals surface area (Å²) in [5.41, 5.74) is 6.19. The van der Waals surface area contributed by atoms with Crippen molar-refractivity contribution in [3.63, 3.8) is 0 Å². The van der Waals surface area contributed by atoms with Crippen molar-refractivity contribution in [2.45, 2.75) is 13.8 Å². The molecule has 0 fully saturated rings. The first-order chi connectivity index (χ1) is 3.81. The molecule has 2 heteroatoms. The van der Waals surface area contributed by atoms with Gasteiger partial charge < -0.3 is 5.73 Å². The zero-order valence-electron chi connectivity index (χ0n) is 5.39. The zero-order chi connectivity index (χ0) is 6.41. The lowest BCUT2D eigenvalue weighted by Crippen LogP contribution is -1.93. The van der Waals surface area contributed by atoms with E-state index in [4.69, 9.17) is 5.73 Å². The summed E-state index contributed by atoms with van der Waals surface area (Å²) >= 11 is 0. The average molecular weight is 112 g/mol. The van der Waals surface area contributed by atoms with Gasteiger partial charge in [-0.2, -0.15) is 0 Å². The zero-order valence-corrected chi connectivity index (χ0v) is 5.39. The van der Waals surface area contributed by atoms with Gasteiger partial charge in [-0.25, -0.2) is 0 Å². The Morgan fingerprint density at radius 2 is 2.38 bits per heavy atom. The molecule has 2 nitrogen and oxygen atoms in total. The van der Waals surface area contributed by atoms with Crippen LogP contribution in [-0.4, -0.2) is 12.8 Å². The molecule has 0 aromatic heterocycles. The van der Waals surface area contributed by atoms with Gasteiger partial charge in [-0.05, 0) is 19.9 Å². The van der Waals surface area contributed by atoms with E-state index >= 15 is 0 Å². The first kappa shape index (κ1) is 7.37. The van der Waals surface area contributed by atoms with Crippen LogP contribution in [0.25, 0.3) is 0 Å². The molecule has 46 valence electrons. The molecule has 0 saturated carbocycles. The van der Waals surface area contributed by atoms with Gasteiger partial charge in [0.1, 0.15) is 0 Å². The quantitative estimate of drug-likeness (QED) is 0.530.